The van der Waals surface area contributed by atoms with Gasteiger partial charge in [-0.3, -0.25) is 9.78 Å². The maximum Gasteiger partial charge on any atom is 0.253 e. The Balaban J connectivity index is 0.00000137. The Bertz CT molecular complexity index is 384. The highest BCUT2D eigenvalue weighted by Gasteiger charge is 2.11. The monoisotopic (exact) mass is 250 g/mol. The molecule has 1 aromatic rings. The number of hydrogen-bond donors (Lipinski definition) is 1. The maximum absolute atomic E-state index is 11.8. The van der Waals surface area contributed by atoms with Crippen molar-refractivity contribution in [2.75, 3.05) is 0 Å². The van der Waals surface area contributed by atoms with Crippen molar-refractivity contribution in [3.05, 3.63) is 29.1 Å². The van der Waals surface area contributed by atoms with Crippen LogP contribution in [0.4, 0.5) is 0 Å². The molecule has 0 aliphatic rings. The minimum Gasteiger partial charge on any atom is -0.350 e. The third-order valence-corrected chi connectivity index (χ3v) is 2.43. The van der Waals surface area contributed by atoms with Crippen molar-refractivity contribution in [2.24, 2.45) is 0 Å². The van der Waals surface area contributed by atoms with Crippen LogP contribution in [-0.4, -0.2) is 16.9 Å². The number of rotatable bonds is 3. The molecule has 0 saturated carbocycles. The van der Waals surface area contributed by atoms with E-state index in [9.17, 15) is 4.79 Å². The number of pyridine rings is 1. The van der Waals surface area contributed by atoms with Crippen LogP contribution in [0.2, 0.25) is 0 Å². The predicted molar refractivity (Wildman–Crippen MR) is 77.0 cm³/mol. The zero-order valence-electron chi connectivity index (χ0n) is 12.7. The lowest BCUT2D eigenvalue weighted by Crippen LogP contribution is -2.30. The van der Waals surface area contributed by atoms with Gasteiger partial charge in [-0.1, -0.05) is 27.7 Å². The molecule has 0 aliphatic heterocycles. The SMILES string of the molecule is CC.Cc1ncc(C(=O)NC(C)C)cc1C(C)C. The maximum atomic E-state index is 11.8. The molecule has 1 rings (SSSR count). The fourth-order valence-electron chi connectivity index (χ4n) is 1.60. The van der Waals surface area contributed by atoms with Crippen LogP contribution in [-0.2, 0) is 0 Å². The smallest absolute Gasteiger partial charge is 0.253 e. The number of aryl methyl sites for hydroxylation is 1. The highest BCUT2D eigenvalue weighted by Crippen LogP contribution is 2.18. The molecule has 0 atom stereocenters. The standard InChI is InChI=1S/C13H20N2O.C2H6/c1-8(2)12-6-11(7-14-10(12)5)13(16)15-9(3)4;1-2/h6-9H,1-5H3,(H,15,16);1-2H3. The van der Waals surface area contributed by atoms with Gasteiger partial charge in [-0.25, -0.2) is 0 Å². The quantitative estimate of drug-likeness (QED) is 0.889. The van der Waals surface area contributed by atoms with Crippen molar-refractivity contribution >= 4 is 5.91 Å². The Morgan fingerprint density at radius 2 is 1.78 bits per heavy atom. The van der Waals surface area contributed by atoms with E-state index in [0.717, 1.165) is 11.3 Å². The number of carbonyl (C=O) groups excluding carboxylic acids is 1. The molecular weight excluding hydrogens is 224 g/mol. The minimum atomic E-state index is -0.0515. The number of nitrogens with one attached hydrogen (secondary N) is 1. The fraction of sp³-hybridized carbons (Fsp3) is 0.600. The van der Waals surface area contributed by atoms with Crippen molar-refractivity contribution < 1.29 is 4.79 Å². The molecule has 0 bridgehead atoms. The summed E-state index contributed by atoms with van der Waals surface area (Å²) < 4.78 is 0. The summed E-state index contributed by atoms with van der Waals surface area (Å²) in [7, 11) is 0. The van der Waals surface area contributed by atoms with Gasteiger partial charge in [-0.2, -0.15) is 0 Å². The molecule has 3 heteroatoms. The van der Waals surface area contributed by atoms with Crippen molar-refractivity contribution in [3.8, 4) is 0 Å². The van der Waals surface area contributed by atoms with Gasteiger partial charge in [-0.15, -0.1) is 0 Å². The topological polar surface area (TPSA) is 42.0 Å². The van der Waals surface area contributed by atoms with Gasteiger partial charge in [-0.05, 0) is 38.3 Å². The van der Waals surface area contributed by atoms with Crippen LogP contribution in [0.15, 0.2) is 12.3 Å². The number of amides is 1. The third kappa shape index (κ3) is 4.86. The summed E-state index contributed by atoms with van der Waals surface area (Å²) in [5.41, 5.74) is 2.77. The minimum absolute atomic E-state index is 0.0515. The van der Waals surface area contributed by atoms with Gasteiger partial charge in [0, 0.05) is 17.9 Å². The highest BCUT2D eigenvalue weighted by atomic mass is 16.1. The van der Waals surface area contributed by atoms with Crippen LogP contribution in [0.5, 0.6) is 0 Å². The van der Waals surface area contributed by atoms with E-state index in [4.69, 9.17) is 0 Å². The third-order valence-electron chi connectivity index (χ3n) is 2.43. The van der Waals surface area contributed by atoms with Crippen LogP contribution in [0, 0.1) is 6.92 Å². The van der Waals surface area contributed by atoms with Gasteiger partial charge in [0.1, 0.15) is 0 Å². The first-order chi connectivity index (χ1) is 8.41. The molecule has 0 saturated heterocycles. The van der Waals surface area contributed by atoms with E-state index in [2.05, 4.69) is 24.1 Å². The molecule has 0 aromatic carbocycles. The van der Waals surface area contributed by atoms with Gasteiger partial charge in [0.2, 0.25) is 0 Å². The molecular formula is C15H26N2O. The lowest BCUT2D eigenvalue weighted by molar-refractivity contribution is 0.0942. The zero-order valence-corrected chi connectivity index (χ0v) is 12.7. The second kappa shape index (κ2) is 7.85. The molecule has 1 N–H and O–H groups in total. The Morgan fingerprint density at radius 1 is 1.22 bits per heavy atom. The first kappa shape index (κ1) is 16.6. The summed E-state index contributed by atoms with van der Waals surface area (Å²) in [6.45, 7) is 14.1. The first-order valence-corrected chi connectivity index (χ1v) is 6.69. The molecule has 0 spiro atoms. The summed E-state index contributed by atoms with van der Waals surface area (Å²) in [6, 6.07) is 2.08. The molecule has 0 aliphatic carbocycles. The van der Waals surface area contributed by atoms with E-state index in [1.807, 2.05) is 40.7 Å². The average molecular weight is 250 g/mol. The second-order valence-electron chi connectivity index (χ2n) is 4.68. The highest BCUT2D eigenvalue weighted by molar-refractivity contribution is 5.94. The van der Waals surface area contributed by atoms with Crippen LogP contribution in [0.1, 0.15) is 69.1 Å². The molecule has 0 unspecified atom stereocenters. The van der Waals surface area contributed by atoms with Crippen LogP contribution >= 0.6 is 0 Å². The number of hydrogen-bond acceptors (Lipinski definition) is 2. The van der Waals surface area contributed by atoms with Gasteiger partial charge in [0.25, 0.3) is 5.91 Å². The zero-order chi connectivity index (χ0) is 14.3. The van der Waals surface area contributed by atoms with Crippen molar-refractivity contribution in [1.82, 2.24) is 10.3 Å². The van der Waals surface area contributed by atoms with E-state index in [1.54, 1.807) is 6.20 Å². The Kier molecular flexibility index (Phi) is 7.25. The number of nitrogens with zero attached hydrogens (tertiary/aromatic N) is 1. The average Bonchev–Trinajstić information content (AvgIpc) is 2.30. The lowest BCUT2D eigenvalue weighted by atomic mass is 10.00. The molecule has 0 fully saturated rings. The summed E-state index contributed by atoms with van der Waals surface area (Å²) in [5.74, 6) is 0.337. The molecule has 1 heterocycles. The van der Waals surface area contributed by atoms with E-state index in [-0.39, 0.29) is 11.9 Å². The second-order valence-corrected chi connectivity index (χ2v) is 4.68. The van der Waals surface area contributed by atoms with Crippen molar-refractivity contribution in [1.29, 1.82) is 0 Å². The molecule has 3 nitrogen and oxygen atoms in total. The Morgan fingerprint density at radius 3 is 2.22 bits per heavy atom. The Hall–Kier alpha value is -1.38. The summed E-state index contributed by atoms with van der Waals surface area (Å²) in [4.78, 5) is 16.1. The van der Waals surface area contributed by atoms with Gasteiger partial charge in [0.05, 0.1) is 5.56 Å². The molecule has 1 aromatic heterocycles. The van der Waals surface area contributed by atoms with Gasteiger partial charge in [0.15, 0.2) is 0 Å². The Labute approximate surface area is 111 Å². The van der Waals surface area contributed by atoms with E-state index in [0.29, 0.717) is 11.5 Å². The summed E-state index contributed by atoms with van der Waals surface area (Å²) in [5, 5.41) is 2.87. The number of carbonyl (C=O) groups is 1. The van der Waals surface area contributed by atoms with E-state index >= 15 is 0 Å². The normalized spacial score (nSPS) is 10.1. The summed E-state index contributed by atoms with van der Waals surface area (Å²) >= 11 is 0. The predicted octanol–water partition coefficient (Wildman–Crippen LogP) is 3.68. The van der Waals surface area contributed by atoms with Gasteiger partial charge >= 0.3 is 0 Å². The van der Waals surface area contributed by atoms with Crippen LogP contribution in [0.3, 0.4) is 0 Å². The first-order valence-electron chi connectivity index (χ1n) is 6.69. The number of aromatic nitrogens is 1. The molecule has 1 amide bonds. The fourth-order valence-corrected chi connectivity index (χ4v) is 1.60. The van der Waals surface area contributed by atoms with Gasteiger partial charge < -0.3 is 5.32 Å². The van der Waals surface area contributed by atoms with Crippen molar-refractivity contribution in [2.45, 2.75) is 60.4 Å². The van der Waals surface area contributed by atoms with E-state index < -0.39 is 0 Å². The van der Waals surface area contributed by atoms with Crippen molar-refractivity contribution in [3.63, 3.8) is 0 Å². The van der Waals surface area contributed by atoms with Crippen LogP contribution < -0.4 is 5.32 Å². The molecule has 18 heavy (non-hydrogen) atoms. The molecule has 0 radical (unpaired) electrons. The molecule has 102 valence electrons. The lowest BCUT2D eigenvalue weighted by Gasteiger charge is -2.12. The largest absolute Gasteiger partial charge is 0.350 e. The van der Waals surface area contributed by atoms with Crippen LogP contribution in [0.25, 0.3) is 0 Å². The van der Waals surface area contributed by atoms with E-state index in [1.165, 1.54) is 0 Å². The summed E-state index contributed by atoms with van der Waals surface area (Å²) in [6.07, 6.45) is 1.64.